The molecule has 1 aliphatic rings. The molecule has 1 heterocycles. The third kappa shape index (κ3) is 2.69. The molecule has 2 aromatic rings. The molecular weight excluding hydrogens is 268 g/mol. The molecule has 0 radical (unpaired) electrons. The van der Waals surface area contributed by atoms with Crippen molar-refractivity contribution in [1.29, 1.82) is 0 Å². The molecule has 5 nitrogen and oxygen atoms in total. The van der Waals surface area contributed by atoms with Gasteiger partial charge < -0.3 is 15.4 Å². The first-order chi connectivity index (χ1) is 10.2. The molecule has 21 heavy (non-hydrogen) atoms. The minimum absolute atomic E-state index is 0.0134. The monoisotopic (exact) mass is 286 g/mol. The van der Waals surface area contributed by atoms with Crippen LogP contribution in [0.25, 0.3) is 10.9 Å². The smallest absolute Gasteiger partial charge is 0.252 e. The average Bonchev–Trinajstić information content (AvgIpc) is 2.93. The maximum absolute atomic E-state index is 12.5. The summed E-state index contributed by atoms with van der Waals surface area (Å²) in [7, 11) is 0. The van der Waals surface area contributed by atoms with Crippen LogP contribution in [0.15, 0.2) is 35.1 Å². The zero-order valence-corrected chi connectivity index (χ0v) is 11.6. The Morgan fingerprint density at radius 3 is 2.95 bits per heavy atom. The molecule has 1 aromatic heterocycles. The fourth-order valence-corrected chi connectivity index (χ4v) is 3.08. The number of aromatic nitrogens is 1. The lowest BCUT2D eigenvalue weighted by molar-refractivity contribution is 0.0917. The summed E-state index contributed by atoms with van der Waals surface area (Å²) >= 11 is 0. The first-order valence-corrected chi connectivity index (χ1v) is 7.23. The largest absolute Gasteiger partial charge is 0.396 e. The quantitative estimate of drug-likeness (QED) is 0.798. The van der Waals surface area contributed by atoms with Crippen molar-refractivity contribution in [3.63, 3.8) is 0 Å². The number of rotatable bonds is 3. The second-order valence-electron chi connectivity index (χ2n) is 5.55. The Kier molecular flexibility index (Phi) is 3.75. The summed E-state index contributed by atoms with van der Waals surface area (Å²) in [6, 6.07) is 8.57. The molecule has 0 saturated heterocycles. The van der Waals surface area contributed by atoms with Crippen LogP contribution in [0.4, 0.5) is 0 Å². The highest BCUT2D eigenvalue weighted by Gasteiger charge is 2.28. The van der Waals surface area contributed by atoms with Crippen molar-refractivity contribution in [2.24, 2.45) is 5.92 Å². The van der Waals surface area contributed by atoms with Gasteiger partial charge in [-0.3, -0.25) is 9.59 Å². The molecule has 1 aromatic carbocycles. The molecule has 110 valence electrons. The van der Waals surface area contributed by atoms with E-state index in [4.69, 9.17) is 0 Å². The predicted octanol–water partition coefficient (Wildman–Crippen LogP) is 1.42. The number of aliphatic hydroxyl groups excluding tert-OH is 1. The number of pyridine rings is 1. The van der Waals surface area contributed by atoms with Gasteiger partial charge in [-0.05, 0) is 18.9 Å². The number of aliphatic hydroxyl groups is 1. The Morgan fingerprint density at radius 1 is 1.33 bits per heavy atom. The SMILES string of the molecule is O=C(NC1CCCC1CO)c1cc(=O)[nH]c2ccccc12. The number of hydrogen-bond acceptors (Lipinski definition) is 3. The van der Waals surface area contributed by atoms with E-state index in [1.165, 1.54) is 6.07 Å². The van der Waals surface area contributed by atoms with E-state index in [0.717, 1.165) is 24.6 Å². The standard InChI is InChI=1S/C16H18N2O3/c19-9-10-4-3-7-13(10)18-16(21)12-8-15(20)17-14-6-2-1-5-11(12)14/h1-2,5-6,8,10,13,19H,3-4,7,9H2,(H,17,20)(H,18,21). The Bertz CT molecular complexity index is 723. The minimum atomic E-state index is -0.288. The fraction of sp³-hybridized carbons (Fsp3) is 0.375. The van der Waals surface area contributed by atoms with Crippen molar-refractivity contribution in [3.8, 4) is 0 Å². The fourth-order valence-electron chi connectivity index (χ4n) is 3.08. The zero-order valence-electron chi connectivity index (χ0n) is 11.6. The van der Waals surface area contributed by atoms with Gasteiger partial charge in [-0.1, -0.05) is 24.6 Å². The molecule has 0 bridgehead atoms. The van der Waals surface area contributed by atoms with E-state index in [0.29, 0.717) is 11.1 Å². The highest BCUT2D eigenvalue weighted by Crippen LogP contribution is 2.25. The van der Waals surface area contributed by atoms with Crippen LogP contribution in [0, 0.1) is 5.92 Å². The summed E-state index contributed by atoms with van der Waals surface area (Å²) in [6.07, 6.45) is 2.81. The van der Waals surface area contributed by atoms with Crippen molar-refractivity contribution in [3.05, 3.63) is 46.2 Å². The van der Waals surface area contributed by atoms with Crippen LogP contribution >= 0.6 is 0 Å². The van der Waals surface area contributed by atoms with Crippen LogP contribution in [-0.4, -0.2) is 28.6 Å². The molecule has 5 heteroatoms. The van der Waals surface area contributed by atoms with Crippen LogP contribution < -0.4 is 10.9 Å². The molecular formula is C16H18N2O3. The first kappa shape index (κ1) is 13.8. The summed E-state index contributed by atoms with van der Waals surface area (Å²) in [5, 5.41) is 13.0. The van der Waals surface area contributed by atoms with Gasteiger partial charge in [0.05, 0.1) is 5.56 Å². The lowest BCUT2D eigenvalue weighted by atomic mass is 10.0. The molecule has 1 fully saturated rings. The van der Waals surface area contributed by atoms with Gasteiger partial charge in [0.2, 0.25) is 5.56 Å². The van der Waals surface area contributed by atoms with Crippen LogP contribution in [0.2, 0.25) is 0 Å². The van der Waals surface area contributed by atoms with Gasteiger partial charge in [0.1, 0.15) is 0 Å². The van der Waals surface area contributed by atoms with Gasteiger partial charge >= 0.3 is 0 Å². The molecule has 0 aliphatic heterocycles. The van der Waals surface area contributed by atoms with Gasteiger partial charge in [0.15, 0.2) is 0 Å². The summed E-state index contributed by atoms with van der Waals surface area (Å²) in [5.74, 6) is -0.134. The topological polar surface area (TPSA) is 82.2 Å². The third-order valence-electron chi connectivity index (χ3n) is 4.21. The van der Waals surface area contributed by atoms with Crippen LogP contribution in [-0.2, 0) is 0 Å². The number of amides is 1. The Balaban J connectivity index is 1.93. The average molecular weight is 286 g/mol. The van der Waals surface area contributed by atoms with Crippen molar-refractivity contribution in [2.45, 2.75) is 25.3 Å². The van der Waals surface area contributed by atoms with E-state index in [1.54, 1.807) is 6.07 Å². The molecule has 0 spiro atoms. The van der Waals surface area contributed by atoms with Gasteiger partial charge in [-0.15, -0.1) is 0 Å². The van der Waals surface area contributed by atoms with E-state index in [1.807, 2.05) is 18.2 Å². The third-order valence-corrected chi connectivity index (χ3v) is 4.21. The second-order valence-corrected chi connectivity index (χ2v) is 5.55. The normalized spacial score (nSPS) is 21.6. The minimum Gasteiger partial charge on any atom is -0.396 e. The van der Waals surface area contributed by atoms with Crippen LogP contribution in [0.3, 0.4) is 0 Å². The number of nitrogens with one attached hydrogen (secondary N) is 2. The lowest BCUT2D eigenvalue weighted by Crippen LogP contribution is -2.39. The predicted molar refractivity (Wildman–Crippen MR) is 80.2 cm³/mol. The maximum Gasteiger partial charge on any atom is 0.252 e. The van der Waals surface area contributed by atoms with Crippen molar-refractivity contribution >= 4 is 16.8 Å². The van der Waals surface area contributed by atoms with Gasteiger partial charge in [-0.2, -0.15) is 0 Å². The van der Waals surface area contributed by atoms with Crippen molar-refractivity contribution in [1.82, 2.24) is 10.3 Å². The summed E-state index contributed by atoms with van der Waals surface area (Å²) in [6.45, 7) is 0.0844. The number of fused-ring (bicyclic) bond motifs is 1. The Morgan fingerprint density at radius 2 is 2.14 bits per heavy atom. The number of aromatic amines is 1. The summed E-state index contributed by atoms with van der Waals surface area (Å²) < 4.78 is 0. The van der Waals surface area contributed by atoms with E-state index >= 15 is 0 Å². The van der Waals surface area contributed by atoms with Crippen LogP contribution in [0.5, 0.6) is 0 Å². The van der Waals surface area contributed by atoms with Gasteiger partial charge in [0.25, 0.3) is 5.91 Å². The number of H-pyrrole nitrogens is 1. The van der Waals surface area contributed by atoms with E-state index in [9.17, 15) is 14.7 Å². The molecule has 1 aliphatic carbocycles. The van der Waals surface area contributed by atoms with E-state index in [-0.39, 0.29) is 30.0 Å². The van der Waals surface area contributed by atoms with Gasteiger partial charge in [0, 0.05) is 35.5 Å². The van der Waals surface area contributed by atoms with Crippen molar-refractivity contribution in [2.75, 3.05) is 6.61 Å². The highest BCUT2D eigenvalue weighted by molar-refractivity contribution is 6.06. The number of carbonyl (C=O) groups is 1. The van der Waals surface area contributed by atoms with Gasteiger partial charge in [-0.25, -0.2) is 0 Å². The number of carbonyl (C=O) groups excluding carboxylic acids is 1. The molecule has 1 saturated carbocycles. The number of para-hydroxylation sites is 1. The zero-order chi connectivity index (χ0) is 14.8. The molecule has 3 rings (SSSR count). The molecule has 2 atom stereocenters. The number of benzene rings is 1. The maximum atomic E-state index is 12.5. The lowest BCUT2D eigenvalue weighted by Gasteiger charge is -2.19. The first-order valence-electron chi connectivity index (χ1n) is 7.23. The second kappa shape index (κ2) is 5.69. The summed E-state index contributed by atoms with van der Waals surface area (Å²) in [5.41, 5.74) is 0.752. The molecule has 1 amide bonds. The van der Waals surface area contributed by atoms with Crippen LogP contribution in [0.1, 0.15) is 29.6 Å². The van der Waals surface area contributed by atoms with E-state index < -0.39 is 0 Å². The summed E-state index contributed by atoms with van der Waals surface area (Å²) in [4.78, 5) is 26.9. The Hall–Kier alpha value is -2.14. The molecule has 2 unspecified atom stereocenters. The van der Waals surface area contributed by atoms with Crippen molar-refractivity contribution < 1.29 is 9.90 Å². The highest BCUT2D eigenvalue weighted by atomic mass is 16.3. The number of hydrogen-bond donors (Lipinski definition) is 3. The van der Waals surface area contributed by atoms with E-state index in [2.05, 4.69) is 10.3 Å². The molecule has 3 N–H and O–H groups in total. The Labute approximate surface area is 122 Å².